The van der Waals surface area contributed by atoms with E-state index in [9.17, 15) is 4.79 Å². The maximum absolute atomic E-state index is 12.6. The van der Waals surface area contributed by atoms with Gasteiger partial charge in [0.2, 0.25) is 0 Å². The van der Waals surface area contributed by atoms with Gasteiger partial charge in [0.25, 0.3) is 0 Å². The average Bonchev–Trinajstić information content (AvgIpc) is 3.50. The number of pyridine rings is 1. The van der Waals surface area contributed by atoms with Gasteiger partial charge in [0.05, 0.1) is 16.6 Å². The van der Waals surface area contributed by atoms with E-state index in [0.29, 0.717) is 13.2 Å². The fourth-order valence-corrected chi connectivity index (χ4v) is 5.27. The lowest BCUT2D eigenvalue weighted by atomic mass is 9.98. The molecule has 3 heterocycles. The zero-order valence-electron chi connectivity index (χ0n) is 21.6. The van der Waals surface area contributed by atoms with Crippen LogP contribution in [0.25, 0.3) is 27.7 Å². The Morgan fingerprint density at radius 1 is 0.737 bits per heavy atom. The second kappa shape index (κ2) is 10.1. The summed E-state index contributed by atoms with van der Waals surface area (Å²) in [6.07, 6.45) is 0.833. The normalized spacial score (nSPS) is 11.3. The van der Waals surface area contributed by atoms with Crippen LogP contribution in [0.1, 0.15) is 40.9 Å². The first-order chi connectivity index (χ1) is 18.6. The number of ether oxygens (including phenoxy) is 2. The molecule has 0 aliphatic carbocycles. The lowest BCUT2D eigenvalue weighted by Crippen LogP contribution is -1.99. The van der Waals surface area contributed by atoms with Gasteiger partial charge in [0.15, 0.2) is 5.78 Å². The third kappa shape index (κ3) is 4.28. The number of carbonyl (C=O) groups excluding carboxylic acids is 1. The van der Waals surface area contributed by atoms with Gasteiger partial charge >= 0.3 is 0 Å². The highest BCUT2D eigenvalue weighted by molar-refractivity contribution is 6.08. The Kier molecular flexibility index (Phi) is 6.30. The number of hydrogen-bond acceptors (Lipinski definition) is 3. The number of aryl methyl sites for hydroxylation is 1. The van der Waals surface area contributed by atoms with Crippen LogP contribution in [0, 0.1) is 0 Å². The lowest BCUT2D eigenvalue weighted by Gasteiger charge is -2.11. The molecule has 4 heteroatoms. The molecule has 38 heavy (non-hydrogen) atoms. The molecule has 188 valence electrons. The molecule has 3 aromatic carbocycles. The second-order valence-electron chi connectivity index (χ2n) is 9.55. The molecule has 0 saturated carbocycles. The molecule has 0 bridgehead atoms. The molecular formula is C34H29NO3. The van der Waals surface area contributed by atoms with Crippen molar-refractivity contribution in [1.82, 2.24) is 4.40 Å². The third-order valence-corrected chi connectivity index (χ3v) is 7.09. The lowest BCUT2D eigenvalue weighted by molar-refractivity contribution is 0.101. The summed E-state index contributed by atoms with van der Waals surface area (Å²) in [6, 6.07) is 34.6. The molecular weight excluding hydrogens is 470 g/mol. The molecule has 0 radical (unpaired) electrons. The van der Waals surface area contributed by atoms with Crippen LogP contribution in [0.3, 0.4) is 0 Å². The number of rotatable bonds is 9. The highest BCUT2D eigenvalue weighted by atomic mass is 16.5. The van der Waals surface area contributed by atoms with Crippen LogP contribution in [0.15, 0.2) is 103 Å². The van der Waals surface area contributed by atoms with E-state index in [1.165, 1.54) is 5.56 Å². The van der Waals surface area contributed by atoms with Crippen molar-refractivity contribution in [2.24, 2.45) is 0 Å². The second-order valence-corrected chi connectivity index (χ2v) is 9.55. The van der Waals surface area contributed by atoms with Crippen LogP contribution in [-0.2, 0) is 19.6 Å². The summed E-state index contributed by atoms with van der Waals surface area (Å²) in [7, 11) is 0. The molecule has 0 saturated heterocycles. The van der Waals surface area contributed by atoms with Crippen molar-refractivity contribution in [2.45, 2.75) is 33.5 Å². The fraction of sp³-hybridized carbons (Fsp3) is 0.147. The van der Waals surface area contributed by atoms with Crippen LogP contribution in [0.5, 0.6) is 11.5 Å². The van der Waals surface area contributed by atoms with Crippen molar-refractivity contribution in [3.05, 3.63) is 125 Å². The van der Waals surface area contributed by atoms with Crippen LogP contribution in [0.4, 0.5) is 0 Å². The van der Waals surface area contributed by atoms with E-state index in [1.54, 1.807) is 6.92 Å². The summed E-state index contributed by atoms with van der Waals surface area (Å²) in [4.78, 5) is 12.6. The Bertz CT molecular complexity index is 1700. The largest absolute Gasteiger partial charge is 0.489 e. The first-order valence-corrected chi connectivity index (χ1v) is 13.0. The van der Waals surface area contributed by atoms with E-state index < -0.39 is 0 Å². The Balaban J connectivity index is 1.42. The summed E-state index contributed by atoms with van der Waals surface area (Å²) in [6.45, 7) is 4.81. The number of carbonyl (C=O) groups is 1. The minimum Gasteiger partial charge on any atom is -0.489 e. The molecule has 0 atom stereocenters. The summed E-state index contributed by atoms with van der Waals surface area (Å²) >= 11 is 0. The van der Waals surface area contributed by atoms with Crippen molar-refractivity contribution in [3.8, 4) is 22.6 Å². The predicted octanol–water partition coefficient (Wildman–Crippen LogP) is 8.12. The first-order valence-electron chi connectivity index (χ1n) is 13.0. The van der Waals surface area contributed by atoms with E-state index in [2.05, 4.69) is 47.7 Å². The van der Waals surface area contributed by atoms with Crippen molar-refractivity contribution in [2.75, 3.05) is 0 Å². The molecule has 0 amide bonds. The van der Waals surface area contributed by atoms with Crippen LogP contribution >= 0.6 is 0 Å². The van der Waals surface area contributed by atoms with Crippen LogP contribution in [-0.4, -0.2) is 10.2 Å². The van der Waals surface area contributed by atoms with Gasteiger partial charge in [-0.1, -0.05) is 79.7 Å². The highest BCUT2D eigenvalue weighted by Crippen LogP contribution is 2.42. The average molecular weight is 500 g/mol. The van der Waals surface area contributed by atoms with Crippen molar-refractivity contribution in [1.29, 1.82) is 0 Å². The third-order valence-electron chi connectivity index (χ3n) is 7.09. The van der Waals surface area contributed by atoms with Gasteiger partial charge in [0, 0.05) is 11.1 Å². The Morgan fingerprint density at radius 2 is 1.37 bits per heavy atom. The number of aromatic nitrogens is 1. The molecule has 0 N–H and O–H groups in total. The number of nitrogens with zero attached hydrogens (tertiary/aromatic N) is 1. The van der Waals surface area contributed by atoms with Gasteiger partial charge in [-0.3, -0.25) is 4.79 Å². The summed E-state index contributed by atoms with van der Waals surface area (Å²) in [5.74, 6) is 1.70. The number of Topliss-reactive ketones (excluding diaryl/α,β-unsaturated/α-hetero) is 1. The minimum atomic E-state index is 0.0570. The molecule has 4 nitrogen and oxygen atoms in total. The molecule has 6 aromatic rings. The van der Waals surface area contributed by atoms with Gasteiger partial charge in [-0.2, -0.15) is 0 Å². The number of hydrogen-bond donors (Lipinski definition) is 0. The van der Waals surface area contributed by atoms with Crippen LogP contribution < -0.4 is 9.47 Å². The Hall–Kier alpha value is -4.57. The van der Waals surface area contributed by atoms with Gasteiger partial charge in [-0.05, 0) is 65.9 Å². The Morgan fingerprint density at radius 3 is 1.97 bits per heavy atom. The molecule has 0 spiro atoms. The predicted molar refractivity (Wildman–Crippen MR) is 152 cm³/mol. The maximum atomic E-state index is 12.6. The topological polar surface area (TPSA) is 39.9 Å². The standard InChI is InChI=1S/C34H29NO3/c1-3-28-33(26-14-16-27(17-15-26)37-21-24-10-6-4-7-11-24)31-20-29(23(2)36)30-18-19-32(34(28)35(30)31)38-22-25-12-8-5-9-13-25/h4-20H,3,21-22H2,1-2H3. The molecule has 0 aliphatic rings. The first kappa shape index (κ1) is 23.8. The smallest absolute Gasteiger partial charge is 0.161 e. The summed E-state index contributed by atoms with van der Waals surface area (Å²) < 4.78 is 14.6. The molecule has 3 aromatic heterocycles. The van der Waals surface area contributed by atoms with Crippen molar-refractivity contribution in [3.63, 3.8) is 0 Å². The van der Waals surface area contributed by atoms with Gasteiger partial charge < -0.3 is 13.9 Å². The van der Waals surface area contributed by atoms with E-state index in [4.69, 9.17) is 9.47 Å². The molecule has 0 aliphatic heterocycles. The number of benzene rings is 3. The van der Waals surface area contributed by atoms with E-state index >= 15 is 0 Å². The summed E-state index contributed by atoms with van der Waals surface area (Å²) in [5, 5.41) is 0. The number of ketones is 1. The quantitative estimate of drug-likeness (QED) is 0.189. The molecule has 6 rings (SSSR count). The van der Waals surface area contributed by atoms with Crippen LogP contribution in [0.2, 0.25) is 0 Å². The molecule has 0 fully saturated rings. The molecule has 0 unspecified atom stereocenters. The van der Waals surface area contributed by atoms with Gasteiger partial charge in [-0.25, -0.2) is 0 Å². The van der Waals surface area contributed by atoms with Gasteiger partial charge in [-0.15, -0.1) is 0 Å². The van der Waals surface area contributed by atoms with E-state index in [1.807, 2.05) is 66.7 Å². The van der Waals surface area contributed by atoms with E-state index in [-0.39, 0.29) is 5.78 Å². The zero-order valence-corrected chi connectivity index (χ0v) is 21.6. The highest BCUT2D eigenvalue weighted by Gasteiger charge is 2.24. The SMILES string of the molecule is CCc1c(-c2ccc(OCc3ccccc3)cc2)c2cc(C(C)=O)c3ccc(OCc4ccccc4)c1n32. The monoisotopic (exact) mass is 499 g/mol. The zero-order chi connectivity index (χ0) is 26.1. The minimum absolute atomic E-state index is 0.0570. The summed E-state index contributed by atoms with van der Waals surface area (Å²) in [5.41, 5.74) is 9.39. The Labute approximate surface area is 222 Å². The van der Waals surface area contributed by atoms with E-state index in [0.717, 1.165) is 62.3 Å². The maximum Gasteiger partial charge on any atom is 0.161 e. The fourth-order valence-electron chi connectivity index (χ4n) is 5.27. The van der Waals surface area contributed by atoms with Crippen molar-refractivity contribution < 1.29 is 14.3 Å². The van der Waals surface area contributed by atoms with Gasteiger partial charge in [0.1, 0.15) is 24.7 Å². The van der Waals surface area contributed by atoms with Crippen molar-refractivity contribution >= 4 is 22.3 Å².